The number of nitrogens with one attached hydrogen (secondary N) is 1. The largest absolute Gasteiger partial charge is 0.504 e. The van der Waals surface area contributed by atoms with Crippen molar-refractivity contribution < 1.29 is 14.9 Å². The molecular weight excluding hydrogens is 274 g/mol. The summed E-state index contributed by atoms with van der Waals surface area (Å²) in [5.74, 6) is 0.341. The lowest BCUT2D eigenvalue weighted by Crippen LogP contribution is -2.18. The van der Waals surface area contributed by atoms with Crippen LogP contribution in [0.3, 0.4) is 0 Å². The Hall–Kier alpha value is -0.780. The molecule has 1 rings (SSSR count). The van der Waals surface area contributed by atoms with Crippen LogP contribution in [0.1, 0.15) is 17.2 Å². The van der Waals surface area contributed by atoms with E-state index in [0.29, 0.717) is 17.9 Å². The quantitative estimate of drug-likeness (QED) is 0.790. The Morgan fingerprint density at radius 1 is 1.56 bits per heavy atom. The van der Waals surface area contributed by atoms with Gasteiger partial charge in [-0.05, 0) is 25.6 Å². The third-order valence-corrected chi connectivity index (χ3v) is 3.26. The van der Waals surface area contributed by atoms with Crippen molar-refractivity contribution in [3.05, 3.63) is 21.7 Å². The van der Waals surface area contributed by atoms with Crippen molar-refractivity contribution in [3.63, 3.8) is 0 Å². The normalized spacial score (nSPS) is 12.6. The average molecular weight is 290 g/mol. The Balaban J connectivity index is 3.32. The summed E-state index contributed by atoms with van der Waals surface area (Å²) >= 11 is 3.33. The third-order valence-electron chi connectivity index (χ3n) is 2.44. The highest BCUT2D eigenvalue weighted by Gasteiger charge is 2.20. The molecule has 4 nitrogen and oxygen atoms in total. The van der Waals surface area contributed by atoms with Crippen molar-refractivity contribution in [2.24, 2.45) is 0 Å². The first-order chi connectivity index (χ1) is 7.52. The first kappa shape index (κ1) is 13.3. The maximum atomic E-state index is 9.99. The van der Waals surface area contributed by atoms with E-state index in [2.05, 4.69) is 21.2 Å². The number of phenols is 1. The maximum Gasteiger partial charge on any atom is 0.166 e. The van der Waals surface area contributed by atoms with E-state index in [1.54, 1.807) is 13.1 Å². The van der Waals surface area contributed by atoms with E-state index in [1.165, 1.54) is 7.11 Å². The second-order valence-corrected chi connectivity index (χ2v) is 4.38. The number of aromatic hydroxyl groups is 1. The predicted octanol–water partition coefficient (Wildman–Crippen LogP) is 1.72. The van der Waals surface area contributed by atoms with Crippen molar-refractivity contribution in [3.8, 4) is 11.5 Å². The summed E-state index contributed by atoms with van der Waals surface area (Å²) in [7, 11) is 3.22. The molecule has 0 aliphatic rings. The second kappa shape index (κ2) is 5.52. The predicted molar refractivity (Wildman–Crippen MR) is 66.0 cm³/mol. The molecule has 0 saturated heterocycles. The Labute approximate surface area is 103 Å². The SMILES string of the molecule is CNCC(O)c1c(C)c(Br)cc(O)c1OC. The smallest absolute Gasteiger partial charge is 0.166 e. The van der Waals surface area contributed by atoms with Gasteiger partial charge in [-0.15, -0.1) is 0 Å². The number of halogens is 1. The third kappa shape index (κ3) is 2.48. The molecule has 0 bridgehead atoms. The molecule has 5 heteroatoms. The summed E-state index contributed by atoms with van der Waals surface area (Å²) in [4.78, 5) is 0. The number of ether oxygens (including phenoxy) is 1. The lowest BCUT2D eigenvalue weighted by molar-refractivity contribution is 0.171. The van der Waals surface area contributed by atoms with E-state index in [0.717, 1.165) is 10.0 Å². The first-order valence-corrected chi connectivity index (χ1v) is 5.70. The highest BCUT2D eigenvalue weighted by atomic mass is 79.9. The molecule has 90 valence electrons. The van der Waals surface area contributed by atoms with Crippen LogP contribution in [0.4, 0.5) is 0 Å². The van der Waals surface area contributed by atoms with Crippen LogP contribution in [0.5, 0.6) is 11.5 Å². The Kier molecular flexibility index (Phi) is 4.58. The fourth-order valence-corrected chi connectivity index (χ4v) is 2.07. The number of methoxy groups -OCH3 is 1. The van der Waals surface area contributed by atoms with E-state index in [9.17, 15) is 10.2 Å². The number of aliphatic hydroxyl groups is 1. The molecule has 1 unspecified atom stereocenters. The standard InChI is InChI=1S/C11H16BrNO3/c1-6-7(12)4-8(14)11(16-3)10(6)9(15)5-13-2/h4,9,13-15H,5H2,1-3H3. The molecule has 0 saturated carbocycles. The number of phenolic OH excluding ortho intramolecular Hbond substituents is 1. The van der Waals surface area contributed by atoms with Gasteiger partial charge >= 0.3 is 0 Å². The van der Waals surface area contributed by atoms with Crippen LogP contribution in [0, 0.1) is 6.92 Å². The molecule has 0 aliphatic carbocycles. The summed E-state index contributed by atoms with van der Waals surface area (Å²) < 4.78 is 5.87. The van der Waals surface area contributed by atoms with Gasteiger partial charge in [0.15, 0.2) is 11.5 Å². The summed E-state index contributed by atoms with van der Waals surface area (Å²) in [5.41, 5.74) is 1.46. The molecular formula is C11H16BrNO3. The second-order valence-electron chi connectivity index (χ2n) is 3.52. The van der Waals surface area contributed by atoms with E-state index < -0.39 is 6.10 Å². The van der Waals surface area contributed by atoms with Gasteiger partial charge in [0, 0.05) is 16.6 Å². The van der Waals surface area contributed by atoms with Crippen molar-refractivity contribution in [1.29, 1.82) is 0 Å². The van der Waals surface area contributed by atoms with E-state index >= 15 is 0 Å². The van der Waals surface area contributed by atoms with Crippen LogP contribution in [0.25, 0.3) is 0 Å². The molecule has 16 heavy (non-hydrogen) atoms. The van der Waals surface area contributed by atoms with Crippen LogP contribution in [0.15, 0.2) is 10.5 Å². The summed E-state index contributed by atoms with van der Waals surface area (Å²) in [5, 5.41) is 22.6. The van der Waals surface area contributed by atoms with E-state index in [1.807, 2.05) is 6.92 Å². The summed E-state index contributed by atoms with van der Waals surface area (Å²) in [6.07, 6.45) is -0.719. The van der Waals surface area contributed by atoms with Crippen LogP contribution in [-0.2, 0) is 0 Å². The zero-order valence-electron chi connectivity index (χ0n) is 9.54. The minimum absolute atomic E-state index is 0.0186. The van der Waals surface area contributed by atoms with E-state index in [-0.39, 0.29) is 5.75 Å². The maximum absolute atomic E-state index is 9.99. The Morgan fingerprint density at radius 2 is 2.19 bits per heavy atom. The Bertz CT molecular complexity index is 382. The van der Waals surface area contributed by atoms with Crippen LogP contribution in [0.2, 0.25) is 0 Å². The molecule has 0 spiro atoms. The average Bonchev–Trinajstić information content (AvgIpc) is 2.23. The summed E-state index contributed by atoms with van der Waals surface area (Å²) in [6.45, 7) is 2.26. The van der Waals surface area contributed by atoms with Crippen molar-refractivity contribution in [2.45, 2.75) is 13.0 Å². The number of likely N-dealkylation sites (N-methyl/N-ethyl adjacent to an activating group) is 1. The van der Waals surface area contributed by atoms with E-state index in [4.69, 9.17) is 4.74 Å². The molecule has 0 aromatic heterocycles. The number of hydrogen-bond donors (Lipinski definition) is 3. The Morgan fingerprint density at radius 3 is 2.69 bits per heavy atom. The van der Waals surface area contributed by atoms with Gasteiger partial charge < -0.3 is 20.3 Å². The highest BCUT2D eigenvalue weighted by Crippen LogP contribution is 2.40. The zero-order chi connectivity index (χ0) is 12.3. The topological polar surface area (TPSA) is 61.7 Å². The number of rotatable bonds is 4. The number of aliphatic hydroxyl groups excluding tert-OH is 1. The van der Waals surface area contributed by atoms with Crippen LogP contribution in [-0.4, -0.2) is 30.9 Å². The zero-order valence-corrected chi connectivity index (χ0v) is 11.1. The summed E-state index contributed by atoms with van der Waals surface area (Å²) in [6, 6.07) is 1.56. The fraction of sp³-hybridized carbons (Fsp3) is 0.455. The molecule has 3 N–H and O–H groups in total. The molecule has 0 amide bonds. The number of benzene rings is 1. The molecule has 1 aromatic carbocycles. The van der Waals surface area contributed by atoms with Gasteiger partial charge in [0.25, 0.3) is 0 Å². The monoisotopic (exact) mass is 289 g/mol. The fourth-order valence-electron chi connectivity index (χ4n) is 1.64. The van der Waals surface area contributed by atoms with Gasteiger partial charge in [0.2, 0.25) is 0 Å². The van der Waals surface area contributed by atoms with Crippen molar-refractivity contribution >= 4 is 15.9 Å². The molecule has 0 heterocycles. The molecule has 1 atom stereocenters. The lowest BCUT2D eigenvalue weighted by atomic mass is 10.0. The molecule has 0 radical (unpaired) electrons. The van der Waals surface area contributed by atoms with Gasteiger partial charge in [-0.3, -0.25) is 0 Å². The van der Waals surface area contributed by atoms with Crippen LogP contribution >= 0.6 is 15.9 Å². The van der Waals surface area contributed by atoms with Gasteiger partial charge in [0.1, 0.15) is 0 Å². The van der Waals surface area contributed by atoms with Gasteiger partial charge in [-0.2, -0.15) is 0 Å². The number of hydrogen-bond acceptors (Lipinski definition) is 4. The lowest BCUT2D eigenvalue weighted by Gasteiger charge is -2.19. The highest BCUT2D eigenvalue weighted by molar-refractivity contribution is 9.10. The van der Waals surface area contributed by atoms with Crippen molar-refractivity contribution in [1.82, 2.24) is 5.32 Å². The van der Waals surface area contributed by atoms with Gasteiger partial charge in [-0.25, -0.2) is 0 Å². The van der Waals surface area contributed by atoms with Gasteiger partial charge in [-0.1, -0.05) is 15.9 Å². The van der Waals surface area contributed by atoms with Crippen molar-refractivity contribution in [2.75, 3.05) is 20.7 Å². The van der Waals surface area contributed by atoms with Crippen LogP contribution < -0.4 is 10.1 Å². The minimum atomic E-state index is -0.719. The molecule has 0 fully saturated rings. The first-order valence-electron chi connectivity index (χ1n) is 4.91. The molecule has 1 aromatic rings. The molecule has 0 aliphatic heterocycles. The van der Waals surface area contributed by atoms with Gasteiger partial charge in [0.05, 0.1) is 13.2 Å². The minimum Gasteiger partial charge on any atom is -0.504 e.